The number of hydrogen-bond donors (Lipinski definition) is 1. The predicted molar refractivity (Wildman–Crippen MR) is 48.7 cm³/mol. The zero-order valence-electron chi connectivity index (χ0n) is 5.84. The summed E-state index contributed by atoms with van der Waals surface area (Å²) in [4.78, 5) is 1.24. The molecule has 0 spiro atoms. The molecular weight excluding hydrogens is 226 g/mol. The highest BCUT2D eigenvalue weighted by Crippen LogP contribution is 2.28. The van der Waals surface area contributed by atoms with Crippen molar-refractivity contribution in [2.45, 2.75) is 6.23 Å². The second-order valence-corrected chi connectivity index (χ2v) is 4.84. The Bertz CT molecular complexity index is 244. The van der Waals surface area contributed by atoms with Crippen molar-refractivity contribution in [1.29, 1.82) is 0 Å². The highest BCUT2D eigenvalue weighted by Gasteiger charge is 2.17. The van der Waals surface area contributed by atoms with Crippen molar-refractivity contribution in [3.05, 3.63) is 20.8 Å². The largest absolute Gasteiger partial charge is 0.357 e. The maximum absolute atomic E-state index is 5.43. The van der Waals surface area contributed by atoms with Crippen molar-refractivity contribution in [3.63, 3.8) is 0 Å². The van der Waals surface area contributed by atoms with Gasteiger partial charge in [-0.3, -0.25) is 5.32 Å². The third-order valence-corrected chi connectivity index (χ3v) is 3.24. The third-order valence-electron chi connectivity index (χ3n) is 1.57. The highest BCUT2D eigenvalue weighted by molar-refractivity contribution is 9.11. The lowest BCUT2D eigenvalue weighted by molar-refractivity contribution is 0.105. The first kappa shape index (κ1) is 7.73. The number of thiophene rings is 1. The molecule has 0 saturated carbocycles. The van der Waals surface area contributed by atoms with Crippen LogP contribution in [0, 0.1) is 0 Å². The summed E-state index contributed by atoms with van der Waals surface area (Å²) in [6.07, 6.45) is 0.131. The Hall–Kier alpha value is 0.1000. The van der Waals surface area contributed by atoms with Gasteiger partial charge in [-0.05, 0) is 28.1 Å². The van der Waals surface area contributed by atoms with E-state index in [1.807, 2.05) is 6.07 Å². The predicted octanol–water partition coefficient (Wildman–Crippen LogP) is 2.13. The topological polar surface area (TPSA) is 21.3 Å². The van der Waals surface area contributed by atoms with Crippen LogP contribution in [0.15, 0.2) is 15.9 Å². The Morgan fingerprint density at radius 2 is 2.55 bits per heavy atom. The summed E-state index contributed by atoms with van der Waals surface area (Å²) in [6.45, 7) is 1.78. The fraction of sp³-hybridized carbons (Fsp3) is 0.429. The van der Waals surface area contributed by atoms with Gasteiger partial charge >= 0.3 is 0 Å². The van der Waals surface area contributed by atoms with Gasteiger partial charge in [0.1, 0.15) is 6.23 Å². The number of rotatable bonds is 1. The van der Waals surface area contributed by atoms with Crippen LogP contribution in [0.2, 0.25) is 0 Å². The van der Waals surface area contributed by atoms with Crippen LogP contribution in [0.3, 0.4) is 0 Å². The summed E-state index contributed by atoms with van der Waals surface area (Å²) < 4.78 is 6.59. The summed E-state index contributed by atoms with van der Waals surface area (Å²) >= 11 is 5.13. The first-order valence-corrected chi connectivity index (χ1v) is 5.07. The molecule has 0 bridgehead atoms. The van der Waals surface area contributed by atoms with Crippen molar-refractivity contribution >= 4 is 27.3 Å². The van der Waals surface area contributed by atoms with Gasteiger partial charge in [-0.2, -0.15) is 0 Å². The third kappa shape index (κ3) is 1.64. The van der Waals surface area contributed by atoms with E-state index in [9.17, 15) is 0 Å². The van der Waals surface area contributed by atoms with E-state index in [1.54, 1.807) is 11.3 Å². The molecule has 1 atom stereocenters. The molecule has 1 aliphatic heterocycles. The van der Waals surface area contributed by atoms with E-state index in [0.717, 1.165) is 16.9 Å². The van der Waals surface area contributed by atoms with Crippen LogP contribution in [0.5, 0.6) is 0 Å². The molecule has 0 aromatic carbocycles. The molecule has 2 heterocycles. The van der Waals surface area contributed by atoms with E-state index in [-0.39, 0.29) is 6.23 Å². The number of hydrogen-bond acceptors (Lipinski definition) is 3. The summed E-state index contributed by atoms with van der Waals surface area (Å²) in [5.41, 5.74) is 0. The molecule has 1 aliphatic rings. The molecule has 2 rings (SSSR count). The van der Waals surface area contributed by atoms with Crippen molar-refractivity contribution < 1.29 is 4.74 Å². The summed E-state index contributed by atoms with van der Waals surface area (Å²) in [5, 5.41) is 3.25. The van der Waals surface area contributed by atoms with Crippen molar-refractivity contribution in [2.24, 2.45) is 0 Å². The zero-order valence-corrected chi connectivity index (χ0v) is 8.24. The molecule has 0 amide bonds. The van der Waals surface area contributed by atoms with Crippen molar-refractivity contribution in [1.82, 2.24) is 5.32 Å². The molecule has 1 aromatic heterocycles. The monoisotopic (exact) mass is 233 g/mol. The Morgan fingerprint density at radius 1 is 1.64 bits per heavy atom. The highest BCUT2D eigenvalue weighted by atomic mass is 79.9. The molecule has 0 radical (unpaired) electrons. The van der Waals surface area contributed by atoms with E-state index in [4.69, 9.17) is 4.74 Å². The van der Waals surface area contributed by atoms with Crippen LogP contribution in [0.4, 0.5) is 0 Å². The van der Waals surface area contributed by atoms with E-state index in [0.29, 0.717) is 0 Å². The van der Waals surface area contributed by atoms with Crippen LogP contribution in [-0.4, -0.2) is 13.2 Å². The minimum atomic E-state index is 0.131. The molecule has 60 valence electrons. The normalized spacial score (nSPS) is 24.3. The number of nitrogens with one attached hydrogen (secondary N) is 1. The van der Waals surface area contributed by atoms with Gasteiger partial charge in [0.2, 0.25) is 0 Å². The molecule has 0 aliphatic carbocycles. The lowest BCUT2D eigenvalue weighted by Gasteiger charge is -2.05. The second kappa shape index (κ2) is 3.23. The lowest BCUT2D eigenvalue weighted by atomic mass is 10.4. The fourth-order valence-electron chi connectivity index (χ4n) is 1.08. The Morgan fingerprint density at radius 3 is 3.09 bits per heavy atom. The van der Waals surface area contributed by atoms with Crippen molar-refractivity contribution in [2.75, 3.05) is 13.2 Å². The summed E-state index contributed by atoms with van der Waals surface area (Å²) in [7, 11) is 0. The quantitative estimate of drug-likeness (QED) is 0.803. The molecule has 2 nitrogen and oxygen atoms in total. The van der Waals surface area contributed by atoms with Gasteiger partial charge in [-0.25, -0.2) is 0 Å². The van der Waals surface area contributed by atoms with Crippen LogP contribution in [0.25, 0.3) is 0 Å². The van der Waals surface area contributed by atoms with Gasteiger partial charge in [-0.1, -0.05) is 0 Å². The van der Waals surface area contributed by atoms with Crippen LogP contribution >= 0.6 is 27.3 Å². The van der Waals surface area contributed by atoms with Gasteiger partial charge in [-0.15, -0.1) is 11.3 Å². The number of halogens is 1. The smallest absolute Gasteiger partial charge is 0.143 e. The zero-order chi connectivity index (χ0) is 7.68. The minimum absolute atomic E-state index is 0.131. The van der Waals surface area contributed by atoms with E-state index in [1.165, 1.54) is 4.88 Å². The van der Waals surface area contributed by atoms with Crippen LogP contribution in [-0.2, 0) is 4.74 Å². The SMILES string of the molecule is Brc1ccc(C2NCCO2)s1. The first-order chi connectivity index (χ1) is 5.36. The molecule has 1 unspecified atom stereocenters. The van der Waals surface area contributed by atoms with Gasteiger partial charge in [0.15, 0.2) is 0 Å². The molecule has 4 heteroatoms. The van der Waals surface area contributed by atoms with E-state index < -0.39 is 0 Å². The lowest BCUT2D eigenvalue weighted by Crippen LogP contribution is -2.12. The van der Waals surface area contributed by atoms with Gasteiger partial charge in [0, 0.05) is 11.4 Å². The number of ether oxygens (including phenoxy) is 1. The molecule has 1 N–H and O–H groups in total. The summed E-state index contributed by atoms with van der Waals surface area (Å²) in [5.74, 6) is 0. The fourth-order valence-corrected chi connectivity index (χ4v) is 2.53. The maximum atomic E-state index is 5.43. The molecule has 1 saturated heterocycles. The average Bonchev–Trinajstić information content (AvgIpc) is 2.55. The molecule has 1 aromatic rings. The Balaban J connectivity index is 2.15. The first-order valence-electron chi connectivity index (χ1n) is 3.46. The Kier molecular flexibility index (Phi) is 2.27. The van der Waals surface area contributed by atoms with Crippen LogP contribution < -0.4 is 5.32 Å². The van der Waals surface area contributed by atoms with Crippen LogP contribution in [0.1, 0.15) is 11.1 Å². The molecule has 1 fully saturated rings. The Labute approximate surface area is 77.7 Å². The molecular formula is C7H8BrNOS. The average molecular weight is 234 g/mol. The summed E-state index contributed by atoms with van der Waals surface area (Å²) in [6, 6.07) is 4.13. The molecule has 11 heavy (non-hydrogen) atoms. The van der Waals surface area contributed by atoms with Gasteiger partial charge in [0.05, 0.1) is 10.4 Å². The van der Waals surface area contributed by atoms with Crippen molar-refractivity contribution in [3.8, 4) is 0 Å². The minimum Gasteiger partial charge on any atom is -0.357 e. The standard InChI is InChI=1S/C7H8BrNOS/c8-6-2-1-5(11-6)7-9-3-4-10-7/h1-2,7,9H,3-4H2. The van der Waals surface area contributed by atoms with Gasteiger partial charge in [0.25, 0.3) is 0 Å². The second-order valence-electron chi connectivity index (χ2n) is 2.35. The maximum Gasteiger partial charge on any atom is 0.143 e. The van der Waals surface area contributed by atoms with Gasteiger partial charge < -0.3 is 4.74 Å². The van der Waals surface area contributed by atoms with E-state index >= 15 is 0 Å². The van der Waals surface area contributed by atoms with E-state index in [2.05, 4.69) is 27.3 Å².